The highest BCUT2D eigenvalue weighted by Gasteiger charge is 2.64. The van der Waals surface area contributed by atoms with Gasteiger partial charge in [0.15, 0.2) is 5.72 Å². The second kappa shape index (κ2) is 13.9. The van der Waals surface area contributed by atoms with Gasteiger partial charge in [0, 0.05) is 26.5 Å². The maximum atomic E-state index is 13.9. The van der Waals surface area contributed by atoms with Gasteiger partial charge in [-0.15, -0.1) is 0 Å². The molecule has 0 saturated carbocycles. The number of esters is 1. The van der Waals surface area contributed by atoms with Crippen LogP contribution in [0.3, 0.4) is 0 Å². The van der Waals surface area contributed by atoms with Crippen LogP contribution in [-0.4, -0.2) is 105 Å². The standard InChI is InChI=1S/C33H46ClN3O9/c1-18-11-10-12-25(43-9)33(41)17-24(44-31(40)35-33)19(2)29-32(4,46-29)26(45-30(39)20(3)36(5)6)16-27(38)37(7)22-14-21(13-18)15-23(42-8)28(22)34/h10-12,14-15,19-20,24-26,29,41H,13,16-17H2,1-9H3,(H,35,40)/b12-10+,18-11+/t19-,20+,24?,25-,26+,29-,32?,33+/m1/s1. The summed E-state index contributed by atoms with van der Waals surface area (Å²) in [6.07, 6.45) is 1.53. The zero-order valence-corrected chi connectivity index (χ0v) is 28.7. The van der Waals surface area contributed by atoms with E-state index in [0.717, 1.165) is 11.1 Å². The summed E-state index contributed by atoms with van der Waals surface area (Å²) < 4.78 is 29.0. The molecule has 2 fully saturated rings. The number of allylic oxidation sites excluding steroid dienone is 3. The number of hydrogen-bond donors (Lipinski definition) is 2. The predicted molar refractivity (Wildman–Crippen MR) is 172 cm³/mol. The highest BCUT2D eigenvalue weighted by atomic mass is 35.5. The Morgan fingerprint density at radius 3 is 2.59 bits per heavy atom. The van der Waals surface area contributed by atoms with Crippen molar-refractivity contribution in [1.29, 1.82) is 0 Å². The van der Waals surface area contributed by atoms with E-state index >= 15 is 0 Å². The molecule has 4 rings (SSSR count). The van der Waals surface area contributed by atoms with Crippen LogP contribution in [0.5, 0.6) is 5.75 Å². The van der Waals surface area contributed by atoms with Gasteiger partial charge in [-0.05, 0) is 59.0 Å². The molecule has 3 aliphatic rings. The third-order valence-corrected chi connectivity index (χ3v) is 9.70. The summed E-state index contributed by atoms with van der Waals surface area (Å²) in [5.74, 6) is -0.933. The lowest BCUT2D eigenvalue weighted by Gasteiger charge is -2.42. The van der Waals surface area contributed by atoms with Crippen molar-refractivity contribution >= 4 is 35.3 Å². The first-order valence-electron chi connectivity index (χ1n) is 15.3. The van der Waals surface area contributed by atoms with E-state index in [2.05, 4.69) is 5.32 Å². The molecule has 3 aliphatic heterocycles. The minimum Gasteiger partial charge on any atom is -0.495 e. The maximum Gasteiger partial charge on any atom is 0.409 e. The Morgan fingerprint density at radius 2 is 1.96 bits per heavy atom. The zero-order valence-electron chi connectivity index (χ0n) is 28.0. The van der Waals surface area contributed by atoms with E-state index in [4.69, 9.17) is 35.3 Å². The van der Waals surface area contributed by atoms with Crippen LogP contribution in [0, 0.1) is 5.92 Å². The minimum absolute atomic E-state index is 0.00466. The van der Waals surface area contributed by atoms with Crippen LogP contribution in [0.4, 0.5) is 10.5 Å². The molecule has 2 unspecified atom stereocenters. The fraction of sp³-hybridized carbons (Fsp3) is 0.606. The number of fused-ring (bicyclic) bond motifs is 5. The van der Waals surface area contributed by atoms with Crippen molar-refractivity contribution in [1.82, 2.24) is 10.2 Å². The summed E-state index contributed by atoms with van der Waals surface area (Å²) in [7, 11) is 8.07. The van der Waals surface area contributed by atoms with Gasteiger partial charge in [0.1, 0.15) is 40.7 Å². The fourth-order valence-electron chi connectivity index (χ4n) is 6.05. The van der Waals surface area contributed by atoms with Gasteiger partial charge in [0.05, 0.1) is 25.3 Å². The molecule has 2 saturated heterocycles. The van der Waals surface area contributed by atoms with E-state index in [1.165, 1.54) is 19.1 Å². The summed E-state index contributed by atoms with van der Waals surface area (Å²) in [5, 5.41) is 14.4. The van der Waals surface area contributed by atoms with Crippen LogP contribution in [0.1, 0.15) is 46.1 Å². The van der Waals surface area contributed by atoms with Crippen molar-refractivity contribution in [3.63, 3.8) is 0 Å². The third-order valence-electron chi connectivity index (χ3n) is 9.32. The molecule has 1 aromatic carbocycles. The van der Waals surface area contributed by atoms with Crippen molar-refractivity contribution in [3.05, 3.63) is 46.5 Å². The Balaban J connectivity index is 1.80. The average Bonchev–Trinajstić information content (AvgIpc) is 3.69. The van der Waals surface area contributed by atoms with Crippen molar-refractivity contribution in [2.45, 2.75) is 88.7 Å². The number of epoxide rings is 1. The molecule has 0 aromatic heterocycles. The number of carbonyl (C=O) groups excluding carboxylic acids is 3. The largest absolute Gasteiger partial charge is 0.495 e. The van der Waals surface area contributed by atoms with Gasteiger partial charge in [-0.3, -0.25) is 19.8 Å². The Labute approximate surface area is 275 Å². The second-order valence-corrected chi connectivity index (χ2v) is 13.2. The van der Waals surface area contributed by atoms with Crippen molar-refractivity contribution in [2.75, 3.05) is 40.3 Å². The van der Waals surface area contributed by atoms with Crippen LogP contribution in [0.15, 0.2) is 35.9 Å². The number of alkyl carbamates (subject to hydrolysis) is 1. The van der Waals surface area contributed by atoms with Gasteiger partial charge < -0.3 is 33.7 Å². The lowest BCUT2D eigenvalue weighted by Crippen LogP contribution is -2.63. The molecule has 13 heteroatoms. The lowest BCUT2D eigenvalue weighted by atomic mass is 9.83. The average molecular weight is 664 g/mol. The molecule has 1 aromatic rings. The highest BCUT2D eigenvalue weighted by molar-refractivity contribution is 6.35. The Hall–Kier alpha value is -3.16. The first kappa shape index (κ1) is 35.7. The van der Waals surface area contributed by atoms with Crippen LogP contribution in [0.2, 0.25) is 5.02 Å². The molecular weight excluding hydrogens is 618 g/mol. The van der Waals surface area contributed by atoms with Gasteiger partial charge in [0.2, 0.25) is 5.91 Å². The molecule has 0 spiro atoms. The number of nitrogens with zero attached hydrogens (tertiary/aromatic N) is 2. The SMILES string of the molecule is COc1cc2cc(c1Cl)N(C)C(=O)C[C@H](OC(=O)[C@H](C)N(C)C)C1(C)O[C@@H]1[C@H](C)C1C[C@@](O)(NC(=O)O1)[C@H](OC)/C=C/C=C(\C)C2. The van der Waals surface area contributed by atoms with Crippen molar-refractivity contribution < 1.29 is 43.2 Å². The van der Waals surface area contributed by atoms with Gasteiger partial charge in [-0.2, -0.15) is 0 Å². The summed E-state index contributed by atoms with van der Waals surface area (Å²) in [5.41, 5.74) is -0.642. The van der Waals surface area contributed by atoms with E-state index in [0.29, 0.717) is 17.9 Å². The highest BCUT2D eigenvalue weighted by Crippen LogP contribution is 2.49. The van der Waals surface area contributed by atoms with E-state index in [-0.39, 0.29) is 23.8 Å². The number of methoxy groups -OCH3 is 2. The quantitative estimate of drug-likeness (QED) is 0.355. The zero-order chi connectivity index (χ0) is 34.1. The molecule has 12 nitrogen and oxygen atoms in total. The topological polar surface area (TPSA) is 139 Å². The number of hydrogen-bond acceptors (Lipinski definition) is 10. The number of carbonyl (C=O) groups is 3. The molecule has 2 N–H and O–H groups in total. The van der Waals surface area contributed by atoms with Crippen molar-refractivity contribution in [3.8, 4) is 5.75 Å². The first-order chi connectivity index (χ1) is 21.5. The number of benzene rings is 1. The monoisotopic (exact) mass is 663 g/mol. The smallest absolute Gasteiger partial charge is 0.409 e. The number of ether oxygens (including phenoxy) is 5. The Morgan fingerprint density at radius 1 is 1.26 bits per heavy atom. The van der Waals surface area contributed by atoms with Gasteiger partial charge >= 0.3 is 12.1 Å². The van der Waals surface area contributed by atoms with Gasteiger partial charge in [-0.1, -0.05) is 42.3 Å². The van der Waals surface area contributed by atoms with E-state index in [1.54, 1.807) is 52.0 Å². The Bertz CT molecular complexity index is 1400. The molecule has 46 heavy (non-hydrogen) atoms. The predicted octanol–water partition coefficient (Wildman–Crippen LogP) is 3.62. The van der Waals surface area contributed by atoms with E-state index in [1.807, 2.05) is 32.1 Å². The minimum atomic E-state index is -1.78. The van der Waals surface area contributed by atoms with Crippen LogP contribution < -0.4 is 15.0 Å². The van der Waals surface area contributed by atoms with E-state index in [9.17, 15) is 19.5 Å². The second-order valence-electron chi connectivity index (χ2n) is 12.9. The molecule has 3 heterocycles. The number of anilines is 1. The number of rotatable bonds is 5. The summed E-state index contributed by atoms with van der Waals surface area (Å²) in [6.45, 7) is 7.25. The third kappa shape index (κ3) is 7.36. The molecule has 4 bridgehead atoms. The summed E-state index contributed by atoms with van der Waals surface area (Å²) >= 11 is 6.71. The lowest BCUT2D eigenvalue weighted by molar-refractivity contribution is -0.158. The normalized spacial score (nSPS) is 34.4. The number of likely N-dealkylation sites (N-methyl/N-ethyl adjacent to an activating group) is 1. The van der Waals surface area contributed by atoms with Crippen LogP contribution in [-0.2, 0) is 35.0 Å². The Kier molecular flexibility index (Phi) is 10.8. The van der Waals surface area contributed by atoms with Gasteiger partial charge in [0.25, 0.3) is 0 Å². The number of nitrogens with one attached hydrogen (secondary N) is 1. The van der Waals surface area contributed by atoms with Crippen LogP contribution in [0.25, 0.3) is 0 Å². The molecule has 2 amide bonds. The summed E-state index contributed by atoms with van der Waals surface area (Å²) in [6, 6.07) is 3.04. The number of amides is 2. The fourth-order valence-corrected chi connectivity index (χ4v) is 6.37. The number of halogens is 1. The van der Waals surface area contributed by atoms with Crippen molar-refractivity contribution in [2.24, 2.45) is 5.92 Å². The molecular formula is C33H46ClN3O9. The molecule has 0 radical (unpaired) electrons. The summed E-state index contributed by atoms with van der Waals surface area (Å²) in [4.78, 5) is 43.0. The molecule has 8 atom stereocenters. The first-order valence-corrected chi connectivity index (χ1v) is 15.7. The number of aliphatic hydroxyl groups is 1. The van der Waals surface area contributed by atoms with E-state index < -0.39 is 59.8 Å². The van der Waals surface area contributed by atoms with Crippen LogP contribution >= 0.6 is 11.6 Å². The molecule has 0 aliphatic carbocycles. The van der Waals surface area contributed by atoms with Gasteiger partial charge in [-0.25, -0.2) is 4.79 Å². The molecule has 254 valence electrons. The maximum absolute atomic E-state index is 13.9.